The lowest BCUT2D eigenvalue weighted by molar-refractivity contribution is -0.112. The topological polar surface area (TPSA) is 73.1 Å². The van der Waals surface area contributed by atoms with Gasteiger partial charge in [-0.05, 0) is 47.2 Å². The third-order valence-electron chi connectivity index (χ3n) is 3.70. The maximum atomic E-state index is 12.4. The molecule has 0 radical (unpaired) electrons. The number of benzene rings is 3. The number of phenols is 1. The van der Waals surface area contributed by atoms with Gasteiger partial charge in [0.05, 0.1) is 0 Å². The maximum Gasteiger partial charge on any atom is 0.266 e. The molecule has 0 aliphatic carbocycles. The lowest BCUT2D eigenvalue weighted by Crippen LogP contribution is -2.13. The van der Waals surface area contributed by atoms with E-state index in [4.69, 9.17) is 11.6 Å². The van der Waals surface area contributed by atoms with Crippen molar-refractivity contribution in [2.24, 2.45) is 0 Å². The summed E-state index contributed by atoms with van der Waals surface area (Å²) in [5.41, 5.74) is 0.847. The van der Waals surface area contributed by atoms with Crippen molar-refractivity contribution in [2.75, 3.05) is 5.32 Å². The molecule has 0 saturated carbocycles. The van der Waals surface area contributed by atoms with Gasteiger partial charge in [-0.1, -0.05) is 41.9 Å². The second kappa shape index (κ2) is 7.08. The van der Waals surface area contributed by atoms with Gasteiger partial charge < -0.3 is 10.4 Å². The second-order valence-corrected chi connectivity index (χ2v) is 5.79. The Balaban J connectivity index is 1.98. The number of nitriles is 1. The van der Waals surface area contributed by atoms with Gasteiger partial charge in [-0.2, -0.15) is 5.26 Å². The van der Waals surface area contributed by atoms with Crippen LogP contribution < -0.4 is 5.32 Å². The van der Waals surface area contributed by atoms with E-state index in [9.17, 15) is 15.2 Å². The molecule has 0 unspecified atom stereocenters. The molecule has 0 bridgehead atoms. The number of phenolic OH excluding ortho intramolecular Hbond substituents is 1. The normalized spacial score (nSPS) is 11.1. The van der Waals surface area contributed by atoms with E-state index in [1.54, 1.807) is 36.4 Å². The largest absolute Gasteiger partial charge is 0.507 e. The van der Waals surface area contributed by atoms with Crippen LogP contribution in [0.2, 0.25) is 5.02 Å². The van der Waals surface area contributed by atoms with Crippen molar-refractivity contribution in [3.8, 4) is 11.8 Å². The molecule has 1 amide bonds. The van der Waals surface area contributed by atoms with Crippen LogP contribution in [0.5, 0.6) is 5.75 Å². The number of halogens is 1. The third kappa shape index (κ3) is 3.63. The molecule has 4 nitrogen and oxygen atoms in total. The summed E-state index contributed by atoms with van der Waals surface area (Å²) in [6, 6.07) is 19.2. The van der Waals surface area contributed by atoms with E-state index in [1.165, 1.54) is 6.08 Å². The summed E-state index contributed by atoms with van der Waals surface area (Å²) in [4.78, 5) is 12.4. The van der Waals surface area contributed by atoms with Crippen LogP contribution in [-0.2, 0) is 4.79 Å². The van der Waals surface area contributed by atoms with Crippen LogP contribution in [0.1, 0.15) is 5.56 Å². The van der Waals surface area contributed by atoms with E-state index in [2.05, 4.69) is 5.32 Å². The minimum atomic E-state index is -0.558. The number of hydrogen-bond acceptors (Lipinski definition) is 3. The molecular formula is C20H13ClN2O2. The Bertz CT molecular complexity index is 1020. The Morgan fingerprint density at radius 2 is 1.80 bits per heavy atom. The highest BCUT2D eigenvalue weighted by Crippen LogP contribution is 2.29. The van der Waals surface area contributed by atoms with E-state index >= 15 is 0 Å². The molecule has 0 aromatic heterocycles. The van der Waals surface area contributed by atoms with E-state index in [-0.39, 0.29) is 11.3 Å². The van der Waals surface area contributed by atoms with Gasteiger partial charge in [0.2, 0.25) is 0 Å². The summed E-state index contributed by atoms with van der Waals surface area (Å²) in [6.45, 7) is 0. The molecule has 2 N–H and O–H groups in total. The van der Waals surface area contributed by atoms with Crippen LogP contribution in [0.3, 0.4) is 0 Å². The van der Waals surface area contributed by atoms with Crippen molar-refractivity contribution in [2.45, 2.75) is 0 Å². The minimum absolute atomic E-state index is 0.00532. The molecule has 0 atom stereocenters. The summed E-state index contributed by atoms with van der Waals surface area (Å²) in [5.74, 6) is -0.553. The quantitative estimate of drug-likeness (QED) is 0.530. The van der Waals surface area contributed by atoms with E-state index in [0.717, 1.165) is 10.8 Å². The van der Waals surface area contributed by atoms with Crippen LogP contribution in [-0.4, -0.2) is 11.0 Å². The number of rotatable bonds is 3. The van der Waals surface area contributed by atoms with Crippen molar-refractivity contribution in [1.29, 1.82) is 5.26 Å². The van der Waals surface area contributed by atoms with Crippen molar-refractivity contribution >= 4 is 40.0 Å². The van der Waals surface area contributed by atoms with Crippen molar-refractivity contribution < 1.29 is 9.90 Å². The fourth-order valence-corrected chi connectivity index (χ4v) is 2.59. The van der Waals surface area contributed by atoms with Crippen LogP contribution >= 0.6 is 11.6 Å². The molecule has 0 heterocycles. The average molecular weight is 349 g/mol. The van der Waals surface area contributed by atoms with Crippen LogP contribution in [0, 0.1) is 11.3 Å². The fraction of sp³-hybridized carbons (Fsp3) is 0. The van der Waals surface area contributed by atoms with E-state index in [0.29, 0.717) is 16.3 Å². The summed E-state index contributed by atoms with van der Waals surface area (Å²) >= 11 is 5.81. The SMILES string of the molecule is N#CC(=Cc1c(O)ccc2ccccc12)C(=O)Nc1ccc(Cl)cc1. The molecule has 0 spiro atoms. The summed E-state index contributed by atoms with van der Waals surface area (Å²) < 4.78 is 0. The van der Waals surface area contributed by atoms with E-state index < -0.39 is 5.91 Å². The van der Waals surface area contributed by atoms with Gasteiger partial charge in [-0.25, -0.2) is 0 Å². The molecule has 0 saturated heterocycles. The van der Waals surface area contributed by atoms with Crippen molar-refractivity contribution in [3.63, 3.8) is 0 Å². The third-order valence-corrected chi connectivity index (χ3v) is 3.96. The second-order valence-electron chi connectivity index (χ2n) is 5.35. The lowest BCUT2D eigenvalue weighted by Gasteiger charge is -2.07. The standard InChI is InChI=1S/C20H13ClN2O2/c21-15-6-8-16(9-7-15)23-20(25)14(12-22)11-18-17-4-2-1-3-13(17)5-10-19(18)24/h1-11,24H,(H,23,25). The van der Waals surface area contributed by atoms with E-state index in [1.807, 2.05) is 30.3 Å². The highest BCUT2D eigenvalue weighted by Gasteiger charge is 2.12. The molecule has 0 aliphatic rings. The maximum absolute atomic E-state index is 12.4. The number of nitrogens with one attached hydrogen (secondary N) is 1. The molecule has 0 fully saturated rings. The summed E-state index contributed by atoms with van der Waals surface area (Å²) in [5, 5.41) is 24.4. The molecular weight excluding hydrogens is 336 g/mol. The molecule has 0 aliphatic heterocycles. The van der Waals surface area contributed by atoms with Gasteiger partial charge in [0.15, 0.2) is 0 Å². The number of nitrogens with zero attached hydrogens (tertiary/aromatic N) is 1. The predicted octanol–water partition coefficient (Wildman–Crippen LogP) is 4.74. The zero-order chi connectivity index (χ0) is 17.8. The molecule has 3 rings (SSSR count). The number of carbonyl (C=O) groups is 1. The monoisotopic (exact) mass is 348 g/mol. The number of carbonyl (C=O) groups excluding carboxylic acids is 1. The first-order valence-corrected chi connectivity index (χ1v) is 7.86. The zero-order valence-electron chi connectivity index (χ0n) is 13.0. The Kier molecular flexibility index (Phi) is 4.69. The smallest absolute Gasteiger partial charge is 0.266 e. The Morgan fingerprint density at radius 1 is 1.08 bits per heavy atom. The highest BCUT2D eigenvalue weighted by molar-refractivity contribution is 6.30. The molecule has 5 heteroatoms. The van der Waals surface area contributed by atoms with Crippen molar-refractivity contribution in [1.82, 2.24) is 0 Å². The van der Waals surface area contributed by atoms with Gasteiger partial charge in [0, 0.05) is 16.3 Å². The fourth-order valence-electron chi connectivity index (χ4n) is 2.46. The minimum Gasteiger partial charge on any atom is -0.507 e. The molecule has 3 aromatic rings. The first kappa shape index (κ1) is 16.6. The number of fused-ring (bicyclic) bond motifs is 1. The Labute approximate surface area is 149 Å². The van der Waals surface area contributed by atoms with Gasteiger partial charge in [0.1, 0.15) is 17.4 Å². The molecule has 25 heavy (non-hydrogen) atoms. The first-order chi connectivity index (χ1) is 12.1. The first-order valence-electron chi connectivity index (χ1n) is 7.48. The summed E-state index contributed by atoms with van der Waals surface area (Å²) in [7, 11) is 0. The predicted molar refractivity (Wildman–Crippen MR) is 99.3 cm³/mol. The van der Waals surface area contributed by atoms with Crippen molar-refractivity contribution in [3.05, 3.63) is 76.8 Å². The Hall–Kier alpha value is -3.29. The molecule has 3 aromatic carbocycles. The number of aromatic hydroxyl groups is 1. The van der Waals surface area contributed by atoms with Gasteiger partial charge in [-0.3, -0.25) is 4.79 Å². The number of hydrogen-bond donors (Lipinski definition) is 2. The van der Waals surface area contributed by atoms with Crippen LogP contribution in [0.25, 0.3) is 16.8 Å². The van der Waals surface area contributed by atoms with Crippen LogP contribution in [0.15, 0.2) is 66.2 Å². The lowest BCUT2D eigenvalue weighted by atomic mass is 10.0. The van der Waals surface area contributed by atoms with Gasteiger partial charge >= 0.3 is 0 Å². The summed E-state index contributed by atoms with van der Waals surface area (Å²) in [6.07, 6.45) is 1.39. The zero-order valence-corrected chi connectivity index (χ0v) is 13.8. The molecule has 122 valence electrons. The highest BCUT2D eigenvalue weighted by atomic mass is 35.5. The average Bonchev–Trinajstić information content (AvgIpc) is 2.63. The Morgan fingerprint density at radius 3 is 2.52 bits per heavy atom. The van der Waals surface area contributed by atoms with Crippen LogP contribution in [0.4, 0.5) is 5.69 Å². The van der Waals surface area contributed by atoms with Gasteiger partial charge in [-0.15, -0.1) is 0 Å². The number of anilines is 1. The number of amides is 1. The van der Waals surface area contributed by atoms with Gasteiger partial charge in [0.25, 0.3) is 5.91 Å².